The fourth-order valence-electron chi connectivity index (χ4n) is 1.83. The normalized spacial score (nSPS) is 11.5. The van der Waals surface area contributed by atoms with Gasteiger partial charge in [0.25, 0.3) is 5.91 Å². The van der Waals surface area contributed by atoms with Crippen LogP contribution in [0, 0.1) is 0 Å². The molecule has 1 heterocycles. The van der Waals surface area contributed by atoms with Crippen LogP contribution < -0.4 is 16.6 Å². The molecule has 0 bridgehead atoms. The van der Waals surface area contributed by atoms with Crippen molar-refractivity contribution in [2.75, 3.05) is 0 Å². The predicted octanol–water partition coefficient (Wildman–Crippen LogP) is 0.237. The van der Waals surface area contributed by atoms with Crippen molar-refractivity contribution in [2.45, 2.75) is 19.1 Å². The van der Waals surface area contributed by atoms with E-state index in [1.807, 2.05) is 35.8 Å². The summed E-state index contributed by atoms with van der Waals surface area (Å²) in [5, 5.41) is 2.47. The number of nitrogens with two attached hydrogens (primary N) is 1. The van der Waals surface area contributed by atoms with E-state index in [9.17, 15) is 9.59 Å². The number of imidazole rings is 1. The van der Waals surface area contributed by atoms with Gasteiger partial charge >= 0.3 is 6.09 Å². The summed E-state index contributed by atoms with van der Waals surface area (Å²) in [4.78, 5) is 30.3. The van der Waals surface area contributed by atoms with Crippen molar-refractivity contribution in [3.05, 3.63) is 54.1 Å². The van der Waals surface area contributed by atoms with Crippen molar-refractivity contribution in [3.63, 3.8) is 0 Å². The average Bonchev–Trinajstić information content (AvgIpc) is 3.05. The van der Waals surface area contributed by atoms with Gasteiger partial charge in [0.15, 0.2) is 0 Å². The summed E-state index contributed by atoms with van der Waals surface area (Å²) in [6, 6.07) is 8.37. The minimum atomic E-state index is -0.864. The van der Waals surface area contributed by atoms with E-state index in [4.69, 9.17) is 10.6 Å². The second-order valence-corrected chi connectivity index (χ2v) is 4.53. The predicted molar refractivity (Wildman–Crippen MR) is 78.2 cm³/mol. The summed E-state index contributed by atoms with van der Waals surface area (Å²) < 4.78 is 5.07. The highest BCUT2D eigenvalue weighted by Crippen LogP contribution is 2.02. The van der Waals surface area contributed by atoms with Crippen LogP contribution in [0.1, 0.15) is 11.3 Å². The highest BCUT2D eigenvalue weighted by molar-refractivity contribution is 5.85. The number of amides is 2. The van der Waals surface area contributed by atoms with Gasteiger partial charge in [0.2, 0.25) is 0 Å². The fourth-order valence-corrected chi connectivity index (χ4v) is 1.83. The van der Waals surface area contributed by atoms with Crippen LogP contribution in [0.3, 0.4) is 0 Å². The number of hydrogen-bond donors (Lipinski definition) is 4. The monoisotopic (exact) mass is 303 g/mol. The van der Waals surface area contributed by atoms with Crippen LogP contribution in [0.2, 0.25) is 0 Å². The number of carbonyl (C=O) groups is 2. The van der Waals surface area contributed by atoms with Crippen LogP contribution in [-0.4, -0.2) is 28.0 Å². The van der Waals surface area contributed by atoms with E-state index in [-0.39, 0.29) is 13.0 Å². The molecule has 0 aliphatic heterocycles. The van der Waals surface area contributed by atoms with Crippen molar-refractivity contribution >= 4 is 12.0 Å². The van der Waals surface area contributed by atoms with Crippen LogP contribution in [-0.2, 0) is 22.6 Å². The van der Waals surface area contributed by atoms with E-state index in [0.717, 1.165) is 5.56 Å². The average molecular weight is 303 g/mol. The van der Waals surface area contributed by atoms with Gasteiger partial charge in [-0.3, -0.25) is 10.2 Å². The molecule has 0 aliphatic rings. The molecule has 8 heteroatoms. The summed E-state index contributed by atoms with van der Waals surface area (Å²) in [5.41, 5.74) is 3.48. The zero-order valence-electron chi connectivity index (χ0n) is 11.8. The molecule has 2 aromatic rings. The Morgan fingerprint density at radius 1 is 1.32 bits per heavy atom. The Hall–Kier alpha value is -2.87. The molecule has 1 atom stereocenters. The highest BCUT2D eigenvalue weighted by Gasteiger charge is 2.22. The van der Waals surface area contributed by atoms with E-state index in [1.165, 1.54) is 6.33 Å². The molecule has 1 aromatic heterocycles. The van der Waals surface area contributed by atoms with Gasteiger partial charge in [-0.1, -0.05) is 30.3 Å². The second kappa shape index (κ2) is 7.79. The van der Waals surface area contributed by atoms with Gasteiger partial charge in [0.05, 0.1) is 12.0 Å². The first kappa shape index (κ1) is 15.5. The van der Waals surface area contributed by atoms with E-state index in [0.29, 0.717) is 5.69 Å². The standard InChI is InChI=1S/C14H17N5O3/c15-19-13(20)12(6-11-7-16-9-17-11)18-14(21)22-8-10-4-2-1-3-5-10/h1-5,7,9,12H,6,8,15H2,(H,16,17)(H,18,21)(H,19,20)/t12-/m1/s1. The van der Waals surface area contributed by atoms with Crippen molar-refractivity contribution in [1.82, 2.24) is 20.7 Å². The first-order valence-electron chi connectivity index (χ1n) is 6.64. The molecule has 2 amide bonds. The Morgan fingerprint density at radius 2 is 2.09 bits per heavy atom. The number of nitrogens with one attached hydrogen (secondary N) is 3. The van der Waals surface area contributed by atoms with Crippen molar-refractivity contribution in [1.29, 1.82) is 0 Å². The summed E-state index contributed by atoms with van der Waals surface area (Å²) >= 11 is 0. The third-order valence-corrected chi connectivity index (χ3v) is 2.93. The Bertz CT molecular complexity index is 600. The number of nitrogens with zero attached hydrogens (tertiary/aromatic N) is 1. The summed E-state index contributed by atoms with van der Waals surface area (Å²) in [6.45, 7) is 0.117. The number of alkyl carbamates (subject to hydrolysis) is 1. The molecular formula is C14H17N5O3. The maximum absolute atomic E-state index is 11.8. The maximum Gasteiger partial charge on any atom is 0.408 e. The first-order chi connectivity index (χ1) is 10.7. The van der Waals surface area contributed by atoms with E-state index in [1.54, 1.807) is 6.20 Å². The Morgan fingerprint density at radius 3 is 2.73 bits per heavy atom. The number of hydrazine groups is 1. The van der Waals surface area contributed by atoms with Gasteiger partial charge in [0, 0.05) is 12.6 Å². The summed E-state index contributed by atoms with van der Waals surface area (Å²) in [6.07, 6.45) is 2.62. The Kier molecular flexibility index (Phi) is 5.50. The molecule has 0 unspecified atom stereocenters. The SMILES string of the molecule is NNC(=O)[C@@H](Cc1c[nH]cn1)NC(=O)OCc1ccccc1. The van der Waals surface area contributed by atoms with Gasteiger partial charge in [0.1, 0.15) is 12.6 Å². The zero-order valence-corrected chi connectivity index (χ0v) is 11.8. The molecular weight excluding hydrogens is 286 g/mol. The smallest absolute Gasteiger partial charge is 0.408 e. The minimum Gasteiger partial charge on any atom is -0.445 e. The minimum absolute atomic E-state index is 0.117. The van der Waals surface area contributed by atoms with Gasteiger partial charge in [-0.2, -0.15) is 0 Å². The number of H-pyrrole nitrogens is 1. The number of carbonyl (C=O) groups excluding carboxylic acids is 2. The van der Waals surface area contributed by atoms with Crippen molar-refractivity contribution < 1.29 is 14.3 Å². The lowest BCUT2D eigenvalue weighted by atomic mass is 10.1. The molecule has 22 heavy (non-hydrogen) atoms. The van der Waals surface area contributed by atoms with E-state index in [2.05, 4.69) is 15.3 Å². The molecule has 0 radical (unpaired) electrons. The Labute approximate surface area is 127 Å². The highest BCUT2D eigenvalue weighted by atomic mass is 16.5. The van der Waals surface area contributed by atoms with Crippen LogP contribution in [0.5, 0.6) is 0 Å². The van der Waals surface area contributed by atoms with Gasteiger partial charge < -0.3 is 15.0 Å². The summed E-state index contributed by atoms with van der Waals surface area (Å²) in [7, 11) is 0. The molecule has 2 rings (SSSR count). The maximum atomic E-state index is 11.8. The Balaban J connectivity index is 1.88. The fraction of sp³-hybridized carbons (Fsp3) is 0.214. The number of hydrogen-bond acceptors (Lipinski definition) is 5. The summed E-state index contributed by atoms with van der Waals surface area (Å²) in [5.74, 6) is 4.59. The molecule has 116 valence electrons. The van der Waals surface area contributed by atoms with Gasteiger partial charge in [-0.05, 0) is 5.56 Å². The van der Waals surface area contributed by atoms with Crippen LogP contribution in [0.4, 0.5) is 4.79 Å². The first-order valence-corrected chi connectivity index (χ1v) is 6.64. The molecule has 0 saturated heterocycles. The van der Waals surface area contributed by atoms with Crippen LogP contribution in [0.25, 0.3) is 0 Å². The quantitative estimate of drug-likeness (QED) is 0.346. The van der Waals surface area contributed by atoms with Gasteiger partial charge in [-0.25, -0.2) is 15.6 Å². The number of aromatic amines is 1. The molecule has 0 spiro atoms. The number of benzene rings is 1. The zero-order chi connectivity index (χ0) is 15.8. The lowest BCUT2D eigenvalue weighted by Gasteiger charge is -2.16. The lowest BCUT2D eigenvalue weighted by molar-refractivity contribution is -0.123. The lowest BCUT2D eigenvalue weighted by Crippen LogP contribution is -2.50. The molecule has 0 saturated carbocycles. The molecule has 0 fully saturated rings. The third-order valence-electron chi connectivity index (χ3n) is 2.93. The molecule has 1 aromatic carbocycles. The van der Waals surface area contributed by atoms with Gasteiger partial charge in [-0.15, -0.1) is 0 Å². The van der Waals surface area contributed by atoms with Crippen LogP contribution >= 0.6 is 0 Å². The van der Waals surface area contributed by atoms with E-state index >= 15 is 0 Å². The number of ether oxygens (including phenoxy) is 1. The molecule has 0 aliphatic carbocycles. The number of aromatic nitrogens is 2. The molecule has 8 nitrogen and oxygen atoms in total. The third kappa shape index (κ3) is 4.60. The van der Waals surface area contributed by atoms with Crippen molar-refractivity contribution in [3.8, 4) is 0 Å². The van der Waals surface area contributed by atoms with Crippen molar-refractivity contribution in [2.24, 2.45) is 5.84 Å². The number of rotatable bonds is 6. The topological polar surface area (TPSA) is 122 Å². The second-order valence-electron chi connectivity index (χ2n) is 4.53. The molecule has 5 N–H and O–H groups in total. The van der Waals surface area contributed by atoms with E-state index < -0.39 is 18.0 Å². The van der Waals surface area contributed by atoms with Crippen LogP contribution in [0.15, 0.2) is 42.9 Å². The largest absolute Gasteiger partial charge is 0.445 e.